The fourth-order valence-corrected chi connectivity index (χ4v) is 3.79. The van der Waals surface area contributed by atoms with Gasteiger partial charge in [0.1, 0.15) is 5.75 Å². The molecule has 15 heavy (non-hydrogen) atoms. The van der Waals surface area contributed by atoms with Crippen LogP contribution in [0.1, 0.15) is 18.5 Å². The Morgan fingerprint density at radius 1 is 1.27 bits per heavy atom. The zero-order chi connectivity index (χ0) is 11.7. The van der Waals surface area contributed by atoms with Crippen LogP contribution in [-0.4, -0.2) is 16.3 Å². The predicted octanol–water partition coefficient (Wildman–Crippen LogP) is 3.06. The van der Waals surface area contributed by atoms with Gasteiger partial charge < -0.3 is 15.9 Å². The number of halogens is 3. The summed E-state index contributed by atoms with van der Waals surface area (Å²) in [6, 6.07) is 1.13. The zero-order valence-corrected chi connectivity index (χ0v) is 12.6. The third-order valence-corrected chi connectivity index (χ3v) is 4.10. The number of rotatable bonds is 2. The lowest BCUT2D eigenvalue weighted by Gasteiger charge is -2.19. The van der Waals surface area contributed by atoms with Crippen molar-refractivity contribution in [1.29, 1.82) is 0 Å². The minimum Gasteiger partial charge on any atom is -0.506 e. The molecule has 0 bridgehead atoms. The first kappa shape index (κ1) is 13.4. The minimum absolute atomic E-state index is 0.0734. The first-order valence-corrected chi connectivity index (χ1v) is 6.54. The Morgan fingerprint density at radius 3 is 2.27 bits per heavy atom. The summed E-state index contributed by atoms with van der Waals surface area (Å²) in [7, 11) is 0. The normalized spacial score (nSPS) is 15.1. The number of hydrogen-bond donors (Lipinski definition) is 3. The maximum atomic E-state index is 9.69. The number of aliphatic hydroxyl groups excluding tert-OH is 1. The highest BCUT2D eigenvalue weighted by molar-refractivity contribution is 9.11. The number of phenolic OH excluding ortho intramolecular Hbond substituents is 1. The van der Waals surface area contributed by atoms with Crippen molar-refractivity contribution in [3.8, 4) is 5.75 Å². The molecular formula is C9H10Br3NO2. The van der Waals surface area contributed by atoms with E-state index < -0.39 is 12.1 Å². The van der Waals surface area contributed by atoms with E-state index in [4.69, 9.17) is 5.73 Å². The summed E-state index contributed by atoms with van der Waals surface area (Å²) in [4.78, 5) is 0. The molecule has 84 valence electrons. The first-order valence-electron chi connectivity index (χ1n) is 4.16. The Morgan fingerprint density at radius 2 is 1.80 bits per heavy atom. The fraction of sp³-hybridized carbons (Fsp3) is 0.333. The molecule has 0 aliphatic rings. The van der Waals surface area contributed by atoms with Crippen molar-refractivity contribution >= 4 is 47.8 Å². The van der Waals surface area contributed by atoms with Crippen molar-refractivity contribution in [2.24, 2.45) is 5.73 Å². The van der Waals surface area contributed by atoms with E-state index in [-0.39, 0.29) is 5.75 Å². The first-order chi connectivity index (χ1) is 6.86. The number of aromatic hydroxyl groups is 1. The van der Waals surface area contributed by atoms with E-state index in [1.165, 1.54) is 0 Å². The van der Waals surface area contributed by atoms with Gasteiger partial charge in [-0.15, -0.1) is 0 Å². The molecule has 0 unspecified atom stereocenters. The quantitative estimate of drug-likeness (QED) is 0.711. The summed E-state index contributed by atoms with van der Waals surface area (Å²) in [5, 5.41) is 19.1. The lowest BCUT2D eigenvalue weighted by molar-refractivity contribution is 0.163. The number of benzene rings is 1. The maximum absolute atomic E-state index is 9.69. The Kier molecular flexibility index (Phi) is 4.61. The van der Waals surface area contributed by atoms with Gasteiger partial charge >= 0.3 is 0 Å². The van der Waals surface area contributed by atoms with Gasteiger partial charge in [-0.1, -0.05) is 15.9 Å². The van der Waals surface area contributed by atoms with Gasteiger partial charge in [-0.2, -0.15) is 0 Å². The van der Waals surface area contributed by atoms with Crippen molar-refractivity contribution in [3.63, 3.8) is 0 Å². The molecule has 0 aliphatic heterocycles. The van der Waals surface area contributed by atoms with Crippen LogP contribution >= 0.6 is 47.8 Å². The molecule has 0 saturated carbocycles. The molecule has 2 atom stereocenters. The van der Waals surface area contributed by atoms with E-state index >= 15 is 0 Å². The van der Waals surface area contributed by atoms with E-state index in [9.17, 15) is 10.2 Å². The molecule has 1 rings (SSSR count). The van der Waals surface area contributed by atoms with Crippen LogP contribution in [0.4, 0.5) is 0 Å². The maximum Gasteiger partial charge on any atom is 0.144 e. The van der Waals surface area contributed by atoms with E-state index in [1.54, 1.807) is 13.0 Å². The highest BCUT2D eigenvalue weighted by Gasteiger charge is 2.21. The molecule has 3 nitrogen and oxygen atoms in total. The number of hydrogen-bond acceptors (Lipinski definition) is 3. The molecular weight excluding hydrogens is 394 g/mol. The number of aliphatic hydroxyl groups is 1. The predicted molar refractivity (Wildman–Crippen MR) is 69.8 cm³/mol. The average molecular weight is 404 g/mol. The third-order valence-electron chi connectivity index (χ3n) is 2.03. The van der Waals surface area contributed by atoms with Crippen LogP contribution in [0.5, 0.6) is 5.75 Å². The molecule has 0 amide bonds. The molecule has 0 spiro atoms. The highest BCUT2D eigenvalue weighted by Crippen LogP contribution is 2.42. The van der Waals surface area contributed by atoms with E-state index in [0.717, 1.165) is 4.47 Å². The van der Waals surface area contributed by atoms with Gasteiger partial charge in [0.2, 0.25) is 0 Å². The van der Waals surface area contributed by atoms with E-state index in [1.807, 2.05) is 0 Å². The summed E-state index contributed by atoms with van der Waals surface area (Å²) in [6.07, 6.45) is -0.696. The van der Waals surface area contributed by atoms with E-state index in [0.29, 0.717) is 14.5 Å². The van der Waals surface area contributed by atoms with Crippen molar-refractivity contribution in [2.75, 3.05) is 0 Å². The van der Waals surface area contributed by atoms with Crippen LogP contribution in [-0.2, 0) is 0 Å². The lowest BCUT2D eigenvalue weighted by Crippen LogP contribution is -2.24. The molecule has 0 aromatic heterocycles. The smallest absolute Gasteiger partial charge is 0.144 e. The zero-order valence-electron chi connectivity index (χ0n) is 7.84. The van der Waals surface area contributed by atoms with Gasteiger partial charge in [0.25, 0.3) is 0 Å². The van der Waals surface area contributed by atoms with Gasteiger partial charge in [0.05, 0.1) is 21.1 Å². The number of nitrogens with two attached hydrogens (primary N) is 1. The monoisotopic (exact) mass is 401 g/mol. The second-order valence-corrected chi connectivity index (χ2v) is 5.68. The molecule has 1 aromatic carbocycles. The van der Waals surface area contributed by atoms with Crippen LogP contribution in [0.2, 0.25) is 0 Å². The van der Waals surface area contributed by atoms with Crippen molar-refractivity contribution in [3.05, 3.63) is 25.0 Å². The van der Waals surface area contributed by atoms with Crippen molar-refractivity contribution in [1.82, 2.24) is 0 Å². The van der Waals surface area contributed by atoms with Crippen LogP contribution in [0, 0.1) is 0 Å². The summed E-state index contributed by atoms with van der Waals surface area (Å²) < 4.78 is 1.77. The lowest BCUT2D eigenvalue weighted by atomic mass is 10.0. The Hall–Kier alpha value is 0.380. The van der Waals surface area contributed by atoms with Crippen LogP contribution < -0.4 is 5.73 Å². The van der Waals surface area contributed by atoms with Gasteiger partial charge in [0.15, 0.2) is 0 Å². The highest BCUT2D eigenvalue weighted by atomic mass is 79.9. The fourth-order valence-electron chi connectivity index (χ4n) is 1.14. The third kappa shape index (κ3) is 2.74. The Labute approximate surface area is 113 Å². The molecule has 4 N–H and O–H groups in total. The summed E-state index contributed by atoms with van der Waals surface area (Å²) >= 11 is 9.79. The molecule has 0 saturated heterocycles. The van der Waals surface area contributed by atoms with Gasteiger partial charge in [-0.25, -0.2) is 0 Å². The van der Waals surface area contributed by atoms with Gasteiger partial charge in [-0.3, -0.25) is 0 Å². The second-order valence-electron chi connectivity index (χ2n) is 3.18. The largest absolute Gasteiger partial charge is 0.506 e. The number of phenols is 1. The van der Waals surface area contributed by atoms with Crippen LogP contribution in [0.3, 0.4) is 0 Å². The van der Waals surface area contributed by atoms with Gasteiger partial charge in [0, 0.05) is 10.0 Å². The average Bonchev–Trinajstić information content (AvgIpc) is 2.14. The molecule has 0 heterocycles. The molecule has 0 fully saturated rings. The molecule has 6 heteroatoms. The second kappa shape index (κ2) is 5.14. The van der Waals surface area contributed by atoms with Crippen LogP contribution in [0.25, 0.3) is 0 Å². The summed E-state index contributed by atoms with van der Waals surface area (Å²) in [6.45, 7) is 1.60. The van der Waals surface area contributed by atoms with E-state index in [2.05, 4.69) is 47.8 Å². The minimum atomic E-state index is -0.696. The van der Waals surface area contributed by atoms with Crippen molar-refractivity contribution < 1.29 is 10.2 Å². The summed E-state index contributed by atoms with van der Waals surface area (Å²) in [5.74, 6) is 0.0734. The molecule has 0 radical (unpaired) electrons. The SMILES string of the molecule is C[C@@H](O)[C@@H](N)c1c(Br)cc(Br)c(O)c1Br. The topological polar surface area (TPSA) is 66.5 Å². The summed E-state index contributed by atoms with van der Waals surface area (Å²) in [5.41, 5.74) is 6.47. The van der Waals surface area contributed by atoms with Crippen LogP contribution in [0.15, 0.2) is 19.5 Å². The Balaban J connectivity index is 3.36. The molecule has 1 aromatic rings. The van der Waals surface area contributed by atoms with Crippen molar-refractivity contribution in [2.45, 2.75) is 19.1 Å². The molecule has 0 aliphatic carbocycles. The van der Waals surface area contributed by atoms with Gasteiger partial charge in [-0.05, 0) is 44.8 Å². The standard InChI is InChI=1S/C9H10Br3NO2/c1-3(14)8(13)6-4(10)2-5(11)9(15)7(6)12/h2-3,8,14-15H,13H2,1H3/t3-,8-/m1/s1. The Bertz CT molecular complexity index is 382.